The van der Waals surface area contributed by atoms with Crippen molar-refractivity contribution in [2.45, 2.75) is 25.3 Å². The Hall–Kier alpha value is -1.85. The standard InChI is InChI=1S/C21H25BrN2O2/c1-26-17-11-9-16(10-12-17)20(24-13-5-2-6-14-24)15-23-21(25)18-7-3-4-8-19(18)22/h3-4,7-12,20H,2,5-6,13-15H2,1H3,(H,23,25)/t20-/m0/s1. The summed E-state index contributed by atoms with van der Waals surface area (Å²) >= 11 is 3.46. The molecule has 26 heavy (non-hydrogen) atoms. The van der Waals surface area contributed by atoms with Crippen LogP contribution in [-0.2, 0) is 0 Å². The van der Waals surface area contributed by atoms with Crippen LogP contribution in [0.15, 0.2) is 53.0 Å². The molecule has 1 heterocycles. The molecule has 1 fully saturated rings. The second-order valence-corrected chi connectivity index (χ2v) is 7.43. The number of nitrogens with one attached hydrogen (secondary N) is 1. The highest BCUT2D eigenvalue weighted by atomic mass is 79.9. The van der Waals surface area contributed by atoms with Crippen molar-refractivity contribution in [1.82, 2.24) is 10.2 Å². The fourth-order valence-corrected chi connectivity index (χ4v) is 3.91. The van der Waals surface area contributed by atoms with Crippen LogP contribution in [-0.4, -0.2) is 37.6 Å². The molecular weight excluding hydrogens is 392 g/mol. The maximum Gasteiger partial charge on any atom is 0.252 e. The third kappa shape index (κ3) is 4.65. The van der Waals surface area contributed by atoms with E-state index in [2.05, 4.69) is 38.3 Å². The highest BCUT2D eigenvalue weighted by molar-refractivity contribution is 9.10. The molecule has 0 saturated carbocycles. The summed E-state index contributed by atoms with van der Waals surface area (Å²) in [5.41, 5.74) is 1.87. The minimum atomic E-state index is -0.0482. The number of nitrogens with zero attached hydrogens (tertiary/aromatic N) is 1. The number of hydrogen-bond acceptors (Lipinski definition) is 3. The average Bonchev–Trinajstić information content (AvgIpc) is 2.69. The summed E-state index contributed by atoms with van der Waals surface area (Å²) in [7, 11) is 1.68. The topological polar surface area (TPSA) is 41.6 Å². The molecule has 0 bridgehead atoms. The van der Waals surface area contributed by atoms with Crippen LogP contribution < -0.4 is 10.1 Å². The van der Waals surface area contributed by atoms with Crippen molar-refractivity contribution in [2.75, 3.05) is 26.7 Å². The maximum atomic E-state index is 12.6. The van der Waals surface area contributed by atoms with Crippen LogP contribution >= 0.6 is 15.9 Å². The molecule has 4 nitrogen and oxygen atoms in total. The summed E-state index contributed by atoms with van der Waals surface area (Å²) in [5, 5.41) is 3.12. The smallest absolute Gasteiger partial charge is 0.252 e. The Kier molecular flexibility index (Phi) is 6.69. The van der Waals surface area contributed by atoms with Gasteiger partial charge < -0.3 is 10.1 Å². The van der Waals surface area contributed by atoms with Gasteiger partial charge in [0.15, 0.2) is 0 Å². The number of piperidine rings is 1. The predicted octanol–water partition coefficient (Wildman–Crippen LogP) is 4.41. The van der Waals surface area contributed by atoms with E-state index in [4.69, 9.17) is 4.74 Å². The summed E-state index contributed by atoms with van der Waals surface area (Å²) in [4.78, 5) is 15.1. The summed E-state index contributed by atoms with van der Waals surface area (Å²) in [5.74, 6) is 0.802. The molecule has 138 valence electrons. The van der Waals surface area contributed by atoms with Crippen LogP contribution in [0, 0.1) is 0 Å². The number of benzene rings is 2. The van der Waals surface area contributed by atoms with Crippen molar-refractivity contribution in [1.29, 1.82) is 0 Å². The first kappa shape index (κ1) is 18.9. The third-order valence-electron chi connectivity index (χ3n) is 4.91. The van der Waals surface area contributed by atoms with Crippen molar-refractivity contribution >= 4 is 21.8 Å². The Balaban J connectivity index is 1.74. The molecule has 1 amide bonds. The highest BCUT2D eigenvalue weighted by Crippen LogP contribution is 2.26. The van der Waals surface area contributed by atoms with Crippen molar-refractivity contribution in [3.8, 4) is 5.75 Å². The molecule has 1 N–H and O–H groups in total. The van der Waals surface area contributed by atoms with Crippen molar-refractivity contribution in [3.63, 3.8) is 0 Å². The van der Waals surface area contributed by atoms with Gasteiger partial charge in [0.2, 0.25) is 0 Å². The average molecular weight is 417 g/mol. The zero-order chi connectivity index (χ0) is 18.4. The summed E-state index contributed by atoms with van der Waals surface area (Å²) in [6.07, 6.45) is 3.71. The van der Waals surface area contributed by atoms with Gasteiger partial charge in [0, 0.05) is 11.0 Å². The van der Waals surface area contributed by atoms with Gasteiger partial charge >= 0.3 is 0 Å². The van der Waals surface area contributed by atoms with Gasteiger partial charge in [-0.2, -0.15) is 0 Å². The number of hydrogen-bond donors (Lipinski definition) is 1. The van der Waals surface area contributed by atoms with E-state index in [0.717, 1.165) is 23.3 Å². The highest BCUT2D eigenvalue weighted by Gasteiger charge is 2.23. The Morgan fingerprint density at radius 3 is 2.46 bits per heavy atom. The number of rotatable bonds is 6. The lowest BCUT2D eigenvalue weighted by Crippen LogP contribution is -2.40. The van der Waals surface area contributed by atoms with Crippen LogP contribution in [0.1, 0.15) is 41.2 Å². The first-order valence-corrected chi connectivity index (χ1v) is 9.89. The lowest BCUT2D eigenvalue weighted by Gasteiger charge is -2.35. The lowest BCUT2D eigenvalue weighted by molar-refractivity contribution is 0.0923. The molecule has 5 heteroatoms. The van der Waals surface area contributed by atoms with Gasteiger partial charge in [-0.15, -0.1) is 0 Å². The van der Waals surface area contributed by atoms with Gasteiger partial charge in [-0.05, 0) is 71.7 Å². The molecule has 0 aromatic heterocycles. The van der Waals surface area contributed by atoms with E-state index >= 15 is 0 Å². The summed E-state index contributed by atoms with van der Waals surface area (Å²) < 4.78 is 6.09. The Morgan fingerprint density at radius 2 is 1.81 bits per heavy atom. The molecule has 2 aromatic carbocycles. The Labute approximate surface area is 163 Å². The molecular formula is C21H25BrN2O2. The molecule has 1 aliphatic heterocycles. The van der Waals surface area contributed by atoms with E-state index < -0.39 is 0 Å². The number of ether oxygens (including phenoxy) is 1. The summed E-state index contributed by atoms with van der Waals surface area (Å²) in [6, 6.07) is 15.9. The Bertz CT molecular complexity index is 727. The minimum Gasteiger partial charge on any atom is -0.497 e. The van der Waals surface area contributed by atoms with Crippen LogP contribution in [0.2, 0.25) is 0 Å². The number of amides is 1. The van der Waals surface area contributed by atoms with Gasteiger partial charge in [0.05, 0.1) is 18.7 Å². The van der Waals surface area contributed by atoms with Crippen LogP contribution in [0.4, 0.5) is 0 Å². The van der Waals surface area contributed by atoms with Crippen LogP contribution in [0.5, 0.6) is 5.75 Å². The van der Waals surface area contributed by atoms with Gasteiger partial charge in [-0.1, -0.05) is 30.7 Å². The first-order chi connectivity index (χ1) is 12.7. The van der Waals surface area contributed by atoms with Gasteiger partial charge in [0.25, 0.3) is 5.91 Å². The number of likely N-dealkylation sites (tertiary alicyclic amines) is 1. The van der Waals surface area contributed by atoms with E-state index in [1.54, 1.807) is 7.11 Å². The second kappa shape index (κ2) is 9.19. The van der Waals surface area contributed by atoms with Crippen molar-refractivity contribution < 1.29 is 9.53 Å². The zero-order valence-electron chi connectivity index (χ0n) is 15.1. The monoisotopic (exact) mass is 416 g/mol. The molecule has 3 rings (SSSR count). The number of carbonyl (C=O) groups excluding carboxylic acids is 1. The zero-order valence-corrected chi connectivity index (χ0v) is 16.7. The van der Waals surface area contributed by atoms with Gasteiger partial charge in [-0.25, -0.2) is 0 Å². The molecule has 2 aromatic rings. The fraction of sp³-hybridized carbons (Fsp3) is 0.381. The largest absolute Gasteiger partial charge is 0.497 e. The van der Waals surface area contributed by atoms with E-state index in [0.29, 0.717) is 12.1 Å². The number of carbonyl (C=O) groups is 1. The molecule has 1 aliphatic rings. The molecule has 0 spiro atoms. The molecule has 1 atom stereocenters. The quantitative estimate of drug-likeness (QED) is 0.757. The molecule has 0 unspecified atom stereocenters. The van der Waals surface area contributed by atoms with E-state index in [1.807, 2.05) is 36.4 Å². The molecule has 0 aliphatic carbocycles. The molecule has 0 radical (unpaired) electrons. The van der Waals surface area contributed by atoms with E-state index in [-0.39, 0.29) is 11.9 Å². The SMILES string of the molecule is COc1ccc([C@H](CNC(=O)c2ccccc2Br)N2CCCCC2)cc1. The summed E-state index contributed by atoms with van der Waals surface area (Å²) in [6.45, 7) is 2.73. The second-order valence-electron chi connectivity index (χ2n) is 6.58. The fourth-order valence-electron chi connectivity index (χ4n) is 3.44. The lowest BCUT2D eigenvalue weighted by atomic mass is 10.0. The minimum absolute atomic E-state index is 0.0482. The third-order valence-corrected chi connectivity index (χ3v) is 5.60. The van der Waals surface area contributed by atoms with Crippen LogP contribution in [0.3, 0.4) is 0 Å². The number of halogens is 1. The predicted molar refractivity (Wildman–Crippen MR) is 108 cm³/mol. The first-order valence-electron chi connectivity index (χ1n) is 9.10. The Morgan fingerprint density at radius 1 is 1.12 bits per heavy atom. The van der Waals surface area contributed by atoms with Gasteiger partial charge in [-0.3, -0.25) is 9.69 Å². The number of methoxy groups -OCH3 is 1. The van der Waals surface area contributed by atoms with E-state index in [1.165, 1.54) is 24.8 Å². The van der Waals surface area contributed by atoms with Crippen molar-refractivity contribution in [2.24, 2.45) is 0 Å². The van der Waals surface area contributed by atoms with Crippen LogP contribution in [0.25, 0.3) is 0 Å². The normalized spacial score (nSPS) is 16.1. The molecule has 1 saturated heterocycles. The van der Waals surface area contributed by atoms with E-state index in [9.17, 15) is 4.79 Å². The van der Waals surface area contributed by atoms with Gasteiger partial charge in [0.1, 0.15) is 5.75 Å². The maximum absolute atomic E-state index is 12.6. The van der Waals surface area contributed by atoms with Crippen molar-refractivity contribution in [3.05, 3.63) is 64.1 Å².